The molecule has 2 heterocycles. The first kappa shape index (κ1) is 11.6. The van der Waals surface area contributed by atoms with Crippen LogP contribution < -0.4 is 5.32 Å². The van der Waals surface area contributed by atoms with Crippen molar-refractivity contribution in [2.24, 2.45) is 0 Å². The third-order valence-electron chi connectivity index (χ3n) is 3.06. The average molecular weight is 224 g/mol. The number of nitrogens with one attached hydrogen (secondary N) is 1. The highest BCUT2D eigenvalue weighted by Crippen LogP contribution is 2.16. The van der Waals surface area contributed by atoms with E-state index in [9.17, 15) is 0 Å². The van der Waals surface area contributed by atoms with Crippen LogP contribution in [0.1, 0.15) is 37.6 Å². The monoisotopic (exact) mass is 224 g/mol. The molecule has 1 aliphatic rings. The Morgan fingerprint density at radius 2 is 2.44 bits per heavy atom. The number of nitrogens with zero attached hydrogens (tertiary/aromatic N) is 1. The lowest BCUT2D eigenvalue weighted by molar-refractivity contribution is -0.000645. The van der Waals surface area contributed by atoms with Crippen LogP contribution in [0.3, 0.4) is 0 Å². The Labute approximate surface area is 96.3 Å². The molecule has 1 aromatic heterocycles. The van der Waals surface area contributed by atoms with Crippen LogP contribution in [-0.4, -0.2) is 23.9 Å². The molecule has 1 fully saturated rings. The fourth-order valence-electron chi connectivity index (χ4n) is 2.09. The fraction of sp³-hybridized carbons (Fsp3) is 0.750. The highest BCUT2D eigenvalue weighted by molar-refractivity contribution is 5.02. The largest absolute Gasteiger partial charge is 0.378 e. The summed E-state index contributed by atoms with van der Waals surface area (Å²) in [6.07, 6.45) is 3.70. The average Bonchev–Trinajstić information content (AvgIpc) is 2.73. The van der Waals surface area contributed by atoms with Gasteiger partial charge in [0.05, 0.1) is 18.3 Å². The molecule has 2 atom stereocenters. The molecule has 16 heavy (non-hydrogen) atoms. The second kappa shape index (κ2) is 5.46. The van der Waals surface area contributed by atoms with Crippen molar-refractivity contribution < 1.29 is 9.26 Å². The number of ether oxygens (including phenoxy) is 1. The molecule has 1 aromatic rings. The number of aryl methyl sites for hydroxylation is 1. The molecule has 2 rings (SSSR count). The summed E-state index contributed by atoms with van der Waals surface area (Å²) in [5.41, 5.74) is 0.940. The summed E-state index contributed by atoms with van der Waals surface area (Å²) in [7, 11) is 0. The van der Waals surface area contributed by atoms with Crippen molar-refractivity contribution in [2.75, 3.05) is 6.61 Å². The van der Waals surface area contributed by atoms with Gasteiger partial charge in [-0.1, -0.05) is 12.1 Å². The molecule has 90 valence electrons. The Morgan fingerprint density at radius 1 is 1.56 bits per heavy atom. The van der Waals surface area contributed by atoms with Gasteiger partial charge in [-0.25, -0.2) is 0 Å². The molecule has 4 nitrogen and oxygen atoms in total. The summed E-state index contributed by atoms with van der Waals surface area (Å²) in [5, 5.41) is 7.37. The second-order valence-corrected chi connectivity index (χ2v) is 4.44. The van der Waals surface area contributed by atoms with Crippen LogP contribution in [0.4, 0.5) is 0 Å². The van der Waals surface area contributed by atoms with Gasteiger partial charge in [0, 0.05) is 18.7 Å². The van der Waals surface area contributed by atoms with E-state index >= 15 is 0 Å². The summed E-state index contributed by atoms with van der Waals surface area (Å²) in [5.74, 6) is 0.914. The third kappa shape index (κ3) is 3.06. The minimum atomic E-state index is 0.419. The summed E-state index contributed by atoms with van der Waals surface area (Å²) >= 11 is 0. The van der Waals surface area contributed by atoms with Gasteiger partial charge in [0.2, 0.25) is 0 Å². The third-order valence-corrected chi connectivity index (χ3v) is 3.06. The summed E-state index contributed by atoms with van der Waals surface area (Å²) in [6.45, 7) is 5.75. The van der Waals surface area contributed by atoms with E-state index in [0.717, 1.165) is 43.9 Å². The Hall–Kier alpha value is -0.870. The van der Waals surface area contributed by atoms with Gasteiger partial charge in [-0.3, -0.25) is 0 Å². The molecule has 0 radical (unpaired) electrons. The summed E-state index contributed by atoms with van der Waals surface area (Å²) in [4.78, 5) is 0. The van der Waals surface area contributed by atoms with Crippen molar-refractivity contribution in [1.82, 2.24) is 10.5 Å². The highest BCUT2D eigenvalue weighted by atomic mass is 16.5. The van der Waals surface area contributed by atoms with Crippen LogP contribution in [0.2, 0.25) is 0 Å². The Morgan fingerprint density at radius 3 is 3.12 bits per heavy atom. The van der Waals surface area contributed by atoms with Gasteiger partial charge in [-0.15, -0.1) is 0 Å². The predicted molar refractivity (Wildman–Crippen MR) is 61.1 cm³/mol. The molecule has 2 unspecified atom stereocenters. The van der Waals surface area contributed by atoms with Crippen molar-refractivity contribution >= 4 is 0 Å². The van der Waals surface area contributed by atoms with Crippen molar-refractivity contribution in [3.63, 3.8) is 0 Å². The normalized spacial score (nSPS) is 25.9. The lowest BCUT2D eigenvalue weighted by Gasteiger charge is -2.29. The zero-order chi connectivity index (χ0) is 11.4. The summed E-state index contributed by atoms with van der Waals surface area (Å²) < 4.78 is 10.8. The maximum atomic E-state index is 5.64. The van der Waals surface area contributed by atoms with Gasteiger partial charge in [0.1, 0.15) is 0 Å². The standard InChI is InChI=1S/C12H20N2O2/c1-3-11-7-10(4-5-15-11)13-8-12-6-9(2)14-16-12/h6,10-11,13H,3-5,7-8H2,1-2H3. The van der Waals surface area contributed by atoms with Crippen LogP contribution in [0.5, 0.6) is 0 Å². The van der Waals surface area contributed by atoms with Crippen LogP contribution in [0.25, 0.3) is 0 Å². The van der Waals surface area contributed by atoms with E-state index < -0.39 is 0 Å². The molecule has 0 bridgehead atoms. The van der Waals surface area contributed by atoms with Crippen LogP contribution in [0.15, 0.2) is 10.6 Å². The zero-order valence-electron chi connectivity index (χ0n) is 10.0. The van der Waals surface area contributed by atoms with Gasteiger partial charge < -0.3 is 14.6 Å². The van der Waals surface area contributed by atoms with Crippen molar-refractivity contribution in [3.8, 4) is 0 Å². The predicted octanol–water partition coefficient (Wildman–Crippen LogP) is 2.03. The van der Waals surface area contributed by atoms with Gasteiger partial charge >= 0.3 is 0 Å². The van der Waals surface area contributed by atoms with Gasteiger partial charge in [-0.2, -0.15) is 0 Å². The Balaban J connectivity index is 1.77. The molecule has 0 saturated carbocycles. The molecule has 0 spiro atoms. The fourth-order valence-corrected chi connectivity index (χ4v) is 2.09. The molecule has 1 saturated heterocycles. The van der Waals surface area contributed by atoms with Gasteiger partial charge in [0.25, 0.3) is 0 Å². The van der Waals surface area contributed by atoms with Crippen LogP contribution in [-0.2, 0) is 11.3 Å². The minimum absolute atomic E-state index is 0.419. The number of aromatic nitrogens is 1. The second-order valence-electron chi connectivity index (χ2n) is 4.44. The van der Waals surface area contributed by atoms with E-state index in [1.807, 2.05) is 13.0 Å². The molecular formula is C12H20N2O2. The number of rotatable bonds is 4. The smallest absolute Gasteiger partial charge is 0.150 e. The Kier molecular flexibility index (Phi) is 3.96. The molecule has 4 heteroatoms. The van der Waals surface area contributed by atoms with E-state index in [-0.39, 0.29) is 0 Å². The van der Waals surface area contributed by atoms with Crippen molar-refractivity contribution in [1.29, 1.82) is 0 Å². The van der Waals surface area contributed by atoms with E-state index in [1.165, 1.54) is 0 Å². The first-order valence-electron chi connectivity index (χ1n) is 6.05. The molecule has 0 amide bonds. The zero-order valence-corrected chi connectivity index (χ0v) is 10.0. The lowest BCUT2D eigenvalue weighted by atomic mass is 10.0. The molecule has 0 aromatic carbocycles. The maximum Gasteiger partial charge on any atom is 0.150 e. The lowest BCUT2D eigenvalue weighted by Crippen LogP contribution is -2.38. The SMILES string of the molecule is CCC1CC(NCc2cc(C)no2)CCO1. The minimum Gasteiger partial charge on any atom is -0.378 e. The topological polar surface area (TPSA) is 47.3 Å². The summed E-state index contributed by atoms with van der Waals surface area (Å²) in [6, 6.07) is 2.52. The molecule has 1 aliphatic heterocycles. The maximum absolute atomic E-state index is 5.64. The van der Waals surface area contributed by atoms with Gasteiger partial charge in [-0.05, 0) is 26.2 Å². The van der Waals surface area contributed by atoms with E-state index in [4.69, 9.17) is 9.26 Å². The first-order valence-corrected chi connectivity index (χ1v) is 6.05. The van der Waals surface area contributed by atoms with Gasteiger partial charge in [0.15, 0.2) is 5.76 Å². The van der Waals surface area contributed by atoms with E-state index in [1.54, 1.807) is 0 Å². The quantitative estimate of drug-likeness (QED) is 0.850. The molecular weight excluding hydrogens is 204 g/mol. The van der Waals surface area contributed by atoms with E-state index in [0.29, 0.717) is 12.1 Å². The van der Waals surface area contributed by atoms with E-state index in [2.05, 4.69) is 17.4 Å². The number of hydrogen-bond acceptors (Lipinski definition) is 4. The Bertz CT molecular complexity index is 325. The van der Waals surface area contributed by atoms with Crippen molar-refractivity contribution in [2.45, 2.75) is 51.8 Å². The first-order chi connectivity index (χ1) is 7.78. The molecule has 1 N–H and O–H groups in total. The highest BCUT2D eigenvalue weighted by Gasteiger charge is 2.20. The molecule has 0 aliphatic carbocycles. The van der Waals surface area contributed by atoms with Crippen molar-refractivity contribution in [3.05, 3.63) is 17.5 Å². The van der Waals surface area contributed by atoms with Crippen LogP contribution >= 0.6 is 0 Å². The van der Waals surface area contributed by atoms with Crippen LogP contribution in [0, 0.1) is 6.92 Å². The number of hydrogen-bond donors (Lipinski definition) is 1.